The van der Waals surface area contributed by atoms with Gasteiger partial charge in [0.1, 0.15) is 11.4 Å². The predicted octanol–water partition coefficient (Wildman–Crippen LogP) is 4.43. The number of hydrogen-bond donors (Lipinski definition) is 2. The van der Waals surface area contributed by atoms with Gasteiger partial charge >= 0.3 is 6.18 Å². The first kappa shape index (κ1) is 27.6. The smallest absolute Gasteiger partial charge is 0.413 e. The third kappa shape index (κ3) is 6.71. The van der Waals surface area contributed by atoms with E-state index in [1.54, 1.807) is 42.1 Å². The topological polar surface area (TPSA) is 118 Å². The van der Waals surface area contributed by atoms with Crippen molar-refractivity contribution in [3.63, 3.8) is 0 Å². The van der Waals surface area contributed by atoms with Gasteiger partial charge in [0.15, 0.2) is 11.7 Å². The molecule has 0 spiro atoms. The van der Waals surface area contributed by atoms with Gasteiger partial charge in [0.05, 0.1) is 30.7 Å². The number of nitrogens with two attached hydrogens (primary N) is 1. The largest absolute Gasteiger partial charge is 0.416 e. The molecule has 1 aliphatic rings. The van der Waals surface area contributed by atoms with Crippen LogP contribution in [0.5, 0.6) is 0 Å². The van der Waals surface area contributed by atoms with E-state index in [1.807, 2.05) is 0 Å². The maximum Gasteiger partial charge on any atom is 0.416 e. The Morgan fingerprint density at radius 3 is 2.51 bits per heavy atom. The molecule has 206 valence electrons. The Morgan fingerprint density at radius 2 is 1.90 bits per heavy atom. The third-order valence-corrected chi connectivity index (χ3v) is 5.62. The summed E-state index contributed by atoms with van der Waals surface area (Å²) in [5.41, 5.74) is 5.97. The van der Waals surface area contributed by atoms with Crippen LogP contribution in [0.4, 0.5) is 34.6 Å². The van der Waals surface area contributed by atoms with E-state index in [1.165, 1.54) is 6.20 Å². The number of halogens is 4. The number of anilines is 3. The van der Waals surface area contributed by atoms with Gasteiger partial charge in [0, 0.05) is 44.8 Å². The number of pyridine rings is 1. The van der Waals surface area contributed by atoms with Gasteiger partial charge < -0.3 is 30.0 Å². The van der Waals surface area contributed by atoms with Gasteiger partial charge in [-0.05, 0) is 30.3 Å². The molecule has 2 aromatic heterocycles. The maximum atomic E-state index is 14.4. The van der Waals surface area contributed by atoms with Gasteiger partial charge in [-0.15, -0.1) is 10.2 Å². The van der Waals surface area contributed by atoms with Crippen LogP contribution in [0.2, 0.25) is 0 Å². The molecule has 0 radical (unpaired) electrons. The van der Waals surface area contributed by atoms with E-state index in [0.717, 1.165) is 18.3 Å². The van der Waals surface area contributed by atoms with Crippen LogP contribution < -0.4 is 16.0 Å². The molecule has 0 unspecified atom stereocenters. The van der Waals surface area contributed by atoms with E-state index in [9.17, 15) is 17.6 Å². The fraction of sp³-hybridized carbons (Fsp3) is 0.280. The summed E-state index contributed by atoms with van der Waals surface area (Å²) in [6, 6.07) is 6.84. The third-order valence-electron chi connectivity index (χ3n) is 5.62. The molecule has 0 amide bonds. The first-order valence-corrected chi connectivity index (χ1v) is 11.7. The molecule has 0 atom stereocenters. The summed E-state index contributed by atoms with van der Waals surface area (Å²) in [4.78, 5) is 11.7. The molecule has 3 N–H and O–H groups in total. The summed E-state index contributed by atoms with van der Waals surface area (Å²) in [6.45, 7) is 5.46. The van der Waals surface area contributed by atoms with Crippen molar-refractivity contribution in [2.24, 2.45) is 10.7 Å². The molecule has 0 saturated carbocycles. The second-order valence-corrected chi connectivity index (χ2v) is 8.63. The van der Waals surface area contributed by atoms with Gasteiger partial charge in [-0.25, -0.2) is 14.4 Å². The molecule has 4 rings (SSSR count). The van der Waals surface area contributed by atoms with Crippen LogP contribution >= 0.6 is 0 Å². The molecule has 14 heteroatoms. The highest BCUT2D eigenvalue weighted by Gasteiger charge is 2.31. The average Bonchev–Trinajstić information content (AvgIpc) is 3.42. The Bertz CT molecular complexity index is 1380. The number of hydrogen-bond acceptors (Lipinski definition) is 9. The van der Waals surface area contributed by atoms with E-state index in [4.69, 9.17) is 14.9 Å². The highest BCUT2D eigenvalue weighted by atomic mass is 19.4. The van der Waals surface area contributed by atoms with Crippen molar-refractivity contribution >= 4 is 28.6 Å². The average molecular weight is 547 g/mol. The minimum Gasteiger partial charge on any atom is -0.413 e. The van der Waals surface area contributed by atoms with Crippen molar-refractivity contribution in [2.45, 2.75) is 6.18 Å². The van der Waals surface area contributed by atoms with E-state index < -0.39 is 17.6 Å². The van der Waals surface area contributed by atoms with E-state index in [0.29, 0.717) is 43.4 Å². The normalized spacial score (nSPS) is 14.9. The quantitative estimate of drug-likeness (QED) is 0.252. The Kier molecular flexibility index (Phi) is 8.14. The number of aliphatic imine (C=N–C) groups is 1. The number of morpholine rings is 1. The first-order chi connectivity index (χ1) is 18.5. The lowest BCUT2D eigenvalue weighted by Gasteiger charge is -2.29. The highest BCUT2D eigenvalue weighted by Crippen LogP contribution is 2.35. The van der Waals surface area contributed by atoms with Crippen LogP contribution in [-0.2, 0) is 10.9 Å². The van der Waals surface area contributed by atoms with Crippen LogP contribution in [-0.4, -0.2) is 66.3 Å². The highest BCUT2D eigenvalue weighted by molar-refractivity contribution is 5.99. The van der Waals surface area contributed by atoms with Crippen LogP contribution in [0, 0.1) is 0 Å². The lowest BCUT2D eigenvalue weighted by atomic mass is 10.1. The molecule has 3 heterocycles. The van der Waals surface area contributed by atoms with Gasteiger partial charge in [0.2, 0.25) is 0 Å². The van der Waals surface area contributed by atoms with Gasteiger partial charge in [-0.1, -0.05) is 6.58 Å². The van der Waals surface area contributed by atoms with Crippen LogP contribution in [0.25, 0.3) is 17.3 Å². The molecule has 1 aromatic carbocycles. The fourth-order valence-corrected chi connectivity index (χ4v) is 3.61. The Morgan fingerprint density at radius 1 is 1.15 bits per heavy atom. The molecule has 0 aliphatic carbocycles. The zero-order valence-electron chi connectivity index (χ0n) is 21.2. The Labute approximate surface area is 221 Å². The van der Waals surface area contributed by atoms with Crippen molar-refractivity contribution in [3.05, 3.63) is 66.6 Å². The zero-order chi connectivity index (χ0) is 28.2. The number of nitrogens with one attached hydrogen (secondary N) is 1. The standard InChI is InChI=1S/C25H26F4N8O2/c1-15(32-22(20(26)13-30)37-6-8-38-9-7-37)23-34-35-24(39-23)21-5-4-17(14-31-21)33-18-10-16(25(27,28)29)11-19(12-18)36(2)3/h4-5,10-14,33H,1,6-9,30H2,2-3H3/b20-13+,32-22+. The van der Waals surface area contributed by atoms with Crippen LogP contribution in [0.3, 0.4) is 0 Å². The summed E-state index contributed by atoms with van der Waals surface area (Å²) in [7, 11) is 3.31. The van der Waals surface area contributed by atoms with E-state index >= 15 is 0 Å². The minimum absolute atomic E-state index is 0.0202. The van der Waals surface area contributed by atoms with E-state index in [-0.39, 0.29) is 29.0 Å². The van der Waals surface area contributed by atoms with Crippen molar-refractivity contribution in [1.29, 1.82) is 0 Å². The summed E-state index contributed by atoms with van der Waals surface area (Å²) in [6.07, 6.45) is -2.27. The second kappa shape index (κ2) is 11.5. The first-order valence-electron chi connectivity index (χ1n) is 11.7. The van der Waals surface area contributed by atoms with Gasteiger partial charge in [-0.3, -0.25) is 0 Å². The van der Waals surface area contributed by atoms with Crippen molar-refractivity contribution in [1.82, 2.24) is 20.1 Å². The Hall–Kier alpha value is -4.46. The zero-order valence-corrected chi connectivity index (χ0v) is 21.2. The van der Waals surface area contributed by atoms with Gasteiger partial charge in [0.25, 0.3) is 11.8 Å². The number of rotatable bonds is 7. The summed E-state index contributed by atoms with van der Waals surface area (Å²) in [5, 5.41) is 10.8. The van der Waals surface area contributed by atoms with E-state index in [2.05, 4.69) is 32.1 Å². The number of nitrogens with zero attached hydrogens (tertiary/aromatic N) is 6. The lowest BCUT2D eigenvalue weighted by Crippen LogP contribution is -2.41. The molecule has 39 heavy (non-hydrogen) atoms. The molecule has 3 aromatic rings. The number of ether oxygens (including phenoxy) is 1. The molecule has 1 aliphatic heterocycles. The van der Waals surface area contributed by atoms with Crippen molar-refractivity contribution in [3.8, 4) is 11.6 Å². The number of aromatic nitrogens is 3. The Balaban J connectivity index is 1.51. The lowest BCUT2D eigenvalue weighted by molar-refractivity contribution is -0.137. The number of alkyl halides is 3. The second-order valence-electron chi connectivity index (χ2n) is 8.63. The molecular formula is C25H26F4N8O2. The summed E-state index contributed by atoms with van der Waals surface area (Å²) < 4.78 is 65.3. The maximum absolute atomic E-state index is 14.4. The number of amidine groups is 1. The van der Waals surface area contributed by atoms with Crippen molar-refractivity contribution in [2.75, 3.05) is 50.6 Å². The molecule has 10 nitrogen and oxygen atoms in total. The molecule has 1 saturated heterocycles. The molecule has 1 fully saturated rings. The summed E-state index contributed by atoms with van der Waals surface area (Å²) in [5.74, 6) is -0.762. The predicted molar refractivity (Wildman–Crippen MR) is 139 cm³/mol. The van der Waals surface area contributed by atoms with Gasteiger partial charge in [-0.2, -0.15) is 13.2 Å². The monoisotopic (exact) mass is 546 g/mol. The minimum atomic E-state index is -4.50. The number of benzene rings is 1. The van der Waals surface area contributed by atoms with Crippen LogP contribution in [0.15, 0.2) is 64.5 Å². The molecule has 0 bridgehead atoms. The van der Waals surface area contributed by atoms with Crippen LogP contribution in [0.1, 0.15) is 11.5 Å². The van der Waals surface area contributed by atoms with Crippen molar-refractivity contribution < 1.29 is 26.7 Å². The fourth-order valence-electron chi connectivity index (χ4n) is 3.61. The SMILES string of the molecule is C=C(/N=C(\C(F)=C/N)N1CCOCC1)c1nnc(-c2ccc(Nc3cc(N(C)C)cc(C(F)(F)F)c3)cn2)o1. The molecular weight excluding hydrogens is 520 g/mol. The summed E-state index contributed by atoms with van der Waals surface area (Å²) >= 11 is 0.